The third-order valence-electron chi connectivity index (χ3n) is 4.61. The zero-order chi connectivity index (χ0) is 16.2. The van der Waals surface area contributed by atoms with Crippen molar-refractivity contribution < 1.29 is 9.47 Å². The van der Waals surface area contributed by atoms with Gasteiger partial charge < -0.3 is 20.1 Å². The third kappa shape index (κ3) is 3.60. The number of nitrogens with one attached hydrogen (secondary N) is 2. The second kappa shape index (κ2) is 7.32. The van der Waals surface area contributed by atoms with E-state index in [4.69, 9.17) is 19.4 Å². The smallest absolute Gasteiger partial charge is 0.169 e. The zero-order valence-electron chi connectivity index (χ0n) is 13.8. The summed E-state index contributed by atoms with van der Waals surface area (Å²) in [6.45, 7) is 3.25. The van der Waals surface area contributed by atoms with Crippen molar-refractivity contribution in [3.8, 4) is 0 Å². The molecule has 0 aliphatic carbocycles. The molecule has 1 aromatic carbocycles. The lowest BCUT2D eigenvalue weighted by atomic mass is 10.2. The second-order valence-corrected chi connectivity index (χ2v) is 6.44. The third-order valence-corrected chi connectivity index (χ3v) is 4.61. The Morgan fingerprint density at radius 2 is 1.33 bits per heavy atom. The van der Waals surface area contributed by atoms with Gasteiger partial charge in [0.1, 0.15) is 0 Å². The molecule has 2 saturated heterocycles. The fourth-order valence-electron chi connectivity index (χ4n) is 3.28. The van der Waals surface area contributed by atoms with Crippen molar-refractivity contribution in [3.63, 3.8) is 0 Å². The molecule has 4 rings (SSSR count). The Kier molecular flexibility index (Phi) is 4.76. The Bertz CT molecular complexity index is 623. The molecule has 0 amide bonds. The SMILES string of the molecule is c1ccc2nc(NCC3CCCO3)c(NCC3CCCO3)nc2c1. The van der Waals surface area contributed by atoms with E-state index >= 15 is 0 Å². The maximum Gasteiger partial charge on any atom is 0.169 e. The predicted molar refractivity (Wildman–Crippen MR) is 94.5 cm³/mol. The van der Waals surface area contributed by atoms with Crippen LogP contribution >= 0.6 is 0 Å². The summed E-state index contributed by atoms with van der Waals surface area (Å²) in [5.41, 5.74) is 1.80. The highest BCUT2D eigenvalue weighted by Crippen LogP contribution is 2.23. The summed E-state index contributed by atoms with van der Waals surface area (Å²) in [4.78, 5) is 9.50. The summed E-state index contributed by atoms with van der Waals surface area (Å²) in [6, 6.07) is 7.95. The monoisotopic (exact) mass is 328 g/mol. The molecular weight excluding hydrogens is 304 g/mol. The second-order valence-electron chi connectivity index (χ2n) is 6.44. The van der Waals surface area contributed by atoms with Gasteiger partial charge in [0.2, 0.25) is 0 Å². The topological polar surface area (TPSA) is 68.3 Å². The number of rotatable bonds is 6. The van der Waals surface area contributed by atoms with Crippen molar-refractivity contribution in [2.75, 3.05) is 36.9 Å². The first-order valence-electron chi connectivity index (χ1n) is 8.86. The van der Waals surface area contributed by atoms with Crippen LogP contribution in [0.2, 0.25) is 0 Å². The summed E-state index contributed by atoms with van der Waals surface area (Å²) < 4.78 is 11.4. The summed E-state index contributed by atoms with van der Waals surface area (Å²) >= 11 is 0. The Labute approximate surface area is 142 Å². The maximum atomic E-state index is 5.69. The van der Waals surface area contributed by atoms with Crippen molar-refractivity contribution in [3.05, 3.63) is 24.3 Å². The van der Waals surface area contributed by atoms with Crippen LogP contribution in [0.5, 0.6) is 0 Å². The highest BCUT2D eigenvalue weighted by Gasteiger charge is 2.19. The minimum atomic E-state index is 0.268. The number of para-hydroxylation sites is 2. The molecule has 2 atom stereocenters. The van der Waals surface area contributed by atoms with Gasteiger partial charge in [0.15, 0.2) is 11.6 Å². The van der Waals surface area contributed by atoms with Crippen LogP contribution < -0.4 is 10.6 Å². The van der Waals surface area contributed by atoms with E-state index in [2.05, 4.69) is 10.6 Å². The first-order chi connectivity index (χ1) is 11.9. The molecule has 0 radical (unpaired) electrons. The predicted octanol–water partition coefficient (Wildman–Crippen LogP) is 2.81. The molecule has 6 heteroatoms. The van der Waals surface area contributed by atoms with Crippen molar-refractivity contribution in [1.82, 2.24) is 9.97 Å². The highest BCUT2D eigenvalue weighted by atomic mass is 16.5. The Hall–Kier alpha value is -1.92. The largest absolute Gasteiger partial charge is 0.376 e. The fourth-order valence-corrected chi connectivity index (χ4v) is 3.28. The summed E-state index contributed by atoms with van der Waals surface area (Å²) in [5, 5.41) is 6.84. The van der Waals surface area contributed by atoms with E-state index in [0.29, 0.717) is 0 Å². The molecule has 1 aromatic heterocycles. The highest BCUT2D eigenvalue weighted by molar-refractivity contribution is 5.80. The number of benzene rings is 1. The van der Waals surface area contributed by atoms with Crippen LogP contribution in [0.25, 0.3) is 11.0 Å². The molecule has 24 heavy (non-hydrogen) atoms. The summed E-state index contributed by atoms with van der Waals surface area (Å²) in [5.74, 6) is 1.59. The number of nitrogens with zero attached hydrogens (tertiary/aromatic N) is 2. The van der Waals surface area contributed by atoms with Crippen LogP contribution in [0.1, 0.15) is 25.7 Å². The number of hydrogen-bond acceptors (Lipinski definition) is 6. The van der Waals surface area contributed by atoms with Gasteiger partial charge in [-0.05, 0) is 37.8 Å². The van der Waals surface area contributed by atoms with E-state index in [1.807, 2.05) is 24.3 Å². The molecule has 2 unspecified atom stereocenters. The molecule has 2 N–H and O–H groups in total. The summed E-state index contributed by atoms with van der Waals surface area (Å²) in [7, 11) is 0. The van der Waals surface area contributed by atoms with Crippen LogP contribution in [0.15, 0.2) is 24.3 Å². The van der Waals surface area contributed by atoms with Gasteiger partial charge in [0, 0.05) is 26.3 Å². The van der Waals surface area contributed by atoms with E-state index in [1.54, 1.807) is 0 Å². The number of aromatic nitrogens is 2. The number of ether oxygens (including phenoxy) is 2. The quantitative estimate of drug-likeness (QED) is 0.850. The van der Waals surface area contributed by atoms with Gasteiger partial charge in [0.05, 0.1) is 23.2 Å². The van der Waals surface area contributed by atoms with Crippen molar-refractivity contribution in [2.45, 2.75) is 37.9 Å². The van der Waals surface area contributed by atoms with Crippen LogP contribution in [0.3, 0.4) is 0 Å². The molecule has 6 nitrogen and oxygen atoms in total. The van der Waals surface area contributed by atoms with Crippen molar-refractivity contribution >= 4 is 22.7 Å². The zero-order valence-corrected chi connectivity index (χ0v) is 13.8. The van der Waals surface area contributed by atoms with Crippen LogP contribution in [0, 0.1) is 0 Å². The van der Waals surface area contributed by atoms with Gasteiger partial charge in [-0.2, -0.15) is 0 Å². The molecule has 0 saturated carbocycles. The molecule has 2 aliphatic rings. The first kappa shape index (κ1) is 15.6. The number of fused-ring (bicyclic) bond motifs is 1. The van der Waals surface area contributed by atoms with E-state index in [9.17, 15) is 0 Å². The van der Waals surface area contributed by atoms with Gasteiger partial charge in [-0.3, -0.25) is 0 Å². The van der Waals surface area contributed by atoms with E-state index < -0.39 is 0 Å². The van der Waals surface area contributed by atoms with Crippen molar-refractivity contribution in [1.29, 1.82) is 0 Å². The Morgan fingerprint density at radius 1 is 0.833 bits per heavy atom. The van der Waals surface area contributed by atoms with Gasteiger partial charge in [0.25, 0.3) is 0 Å². The van der Waals surface area contributed by atoms with Gasteiger partial charge in [-0.15, -0.1) is 0 Å². The average molecular weight is 328 g/mol. The minimum Gasteiger partial charge on any atom is -0.376 e. The van der Waals surface area contributed by atoms with E-state index in [0.717, 1.165) is 74.7 Å². The van der Waals surface area contributed by atoms with Crippen LogP contribution in [-0.2, 0) is 9.47 Å². The average Bonchev–Trinajstić information content (AvgIpc) is 3.31. The Morgan fingerprint density at radius 3 is 1.75 bits per heavy atom. The van der Waals surface area contributed by atoms with Crippen LogP contribution in [-0.4, -0.2) is 48.5 Å². The van der Waals surface area contributed by atoms with Gasteiger partial charge in [-0.1, -0.05) is 12.1 Å². The maximum absolute atomic E-state index is 5.69. The summed E-state index contributed by atoms with van der Waals surface area (Å²) in [6.07, 6.45) is 5.02. The normalized spacial score (nSPS) is 23.7. The Balaban J connectivity index is 1.52. The van der Waals surface area contributed by atoms with Crippen LogP contribution in [0.4, 0.5) is 11.6 Å². The fraction of sp³-hybridized carbons (Fsp3) is 0.556. The van der Waals surface area contributed by atoms with Crippen molar-refractivity contribution in [2.24, 2.45) is 0 Å². The van der Waals surface area contributed by atoms with E-state index in [-0.39, 0.29) is 12.2 Å². The minimum absolute atomic E-state index is 0.268. The first-order valence-corrected chi connectivity index (χ1v) is 8.86. The molecule has 0 spiro atoms. The molecule has 128 valence electrons. The molecule has 0 bridgehead atoms. The lowest BCUT2D eigenvalue weighted by molar-refractivity contribution is 0.120. The lowest BCUT2D eigenvalue weighted by Crippen LogP contribution is -2.22. The standard InChI is InChI=1S/C18H24N4O2/c1-2-8-16-15(7-1)21-17(19-11-13-5-3-9-23-13)18(22-16)20-12-14-6-4-10-24-14/h1-2,7-8,13-14H,3-6,9-12H2,(H,19,21)(H,20,22). The molecule has 3 heterocycles. The molecule has 2 fully saturated rings. The number of hydrogen-bond donors (Lipinski definition) is 2. The van der Waals surface area contributed by atoms with E-state index in [1.165, 1.54) is 0 Å². The lowest BCUT2D eigenvalue weighted by Gasteiger charge is -2.17. The molecular formula is C18H24N4O2. The van der Waals surface area contributed by atoms with Gasteiger partial charge in [-0.25, -0.2) is 9.97 Å². The molecule has 2 aliphatic heterocycles. The van der Waals surface area contributed by atoms with Gasteiger partial charge >= 0.3 is 0 Å². The molecule has 2 aromatic rings. The number of anilines is 2.